The predicted octanol–water partition coefficient (Wildman–Crippen LogP) is 4.57. The predicted molar refractivity (Wildman–Crippen MR) is 103 cm³/mol. The summed E-state index contributed by atoms with van der Waals surface area (Å²) < 4.78 is 0. The second-order valence-electron chi connectivity index (χ2n) is 5.95. The first-order valence-electron chi connectivity index (χ1n) is 8.17. The first kappa shape index (κ1) is 17.2. The number of nitrogens with one attached hydrogen (secondary N) is 2. The van der Waals surface area contributed by atoms with E-state index in [1.165, 1.54) is 11.1 Å². The van der Waals surface area contributed by atoms with Gasteiger partial charge in [0.25, 0.3) is 5.91 Å². The van der Waals surface area contributed by atoms with Crippen LogP contribution in [0.5, 0.6) is 0 Å². The smallest absolute Gasteiger partial charge is 0.274 e. The van der Waals surface area contributed by atoms with Crippen molar-refractivity contribution in [3.05, 3.63) is 83.2 Å². The number of hydrogen-bond donors (Lipinski definition) is 2. The number of nitriles is 1. The van der Waals surface area contributed by atoms with Gasteiger partial charge in [0.05, 0.1) is 23.5 Å². The molecule has 1 amide bonds. The molecular formula is C21H18N4O. The minimum Gasteiger partial charge on any atom is -0.354 e. The van der Waals surface area contributed by atoms with Crippen LogP contribution in [0.4, 0.5) is 17.1 Å². The summed E-state index contributed by atoms with van der Waals surface area (Å²) in [5, 5.41) is 14.9. The van der Waals surface area contributed by atoms with Crippen LogP contribution < -0.4 is 10.6 Å². The minimum atomic E-state index is -0.298. The molecule has 0 unspecified atom stereocenters. The van der Waals surface area contributed by atoms with E-state index in [4.69, 9.17) is 5.26 Å². The Morgan fingerprint density at radius 2 is 1.73 bits per heavy atom. The Bertz CT molecular complexity index is 970. The van der Waals surface area contributed by atoms with Gasteiger partial charge >= 0.3 is 0 Å². The first-order chi connectivity index (χ1) is 12.6. The molecule has 0 atom stereocenters. The van der Waals surface area contributed by atoms with E-state index in [9.17, 15) is 4.79 Å². The average Bonchev–Trinajstić information content (AvgIpc) is 2.66. The molecule has 3 aromatic rings. The summed E-state index contributed by atoms with van der Waals surface area (Å²) in [5.41, 5.74) is 5.70. The Labute approximate surface area is 152 Å². The molecule has 1 heterocycles. The van der Waals surface area contributed by atoms with Gasteiger partial charge in [-0.15, -0.1) is 0 Å². The quantitative estimate of drug-likeness (QED) is 0.728. The van der Waals surface area contributed by atoms with E-state index in [2.05, 4.69) is 35.5 Å². The normalized spacial score (nSPS) is 10.0. The summed E-state index contributed by atoms with van der Waals surface area (Å²) in [6, 6.07) is 18.3. The van der Waals surface area contributed by atoms with E-state index >= 15 is 0 Å². The molecule has 0 aliphatic heterocycles. The average molecular weight is 342 g/mol. The van der Waals surface area contributed by atoms with Crippen molar-refractivity contribution in [1.82, 2.24) is 4.98 Å². The molecule has 0 aliphatic carbocycles. The fraction of sp³-hybridized carbons (Fsp3) is 0.0952. The number of pyridine rings is 1. The molecule has 0 fully saturated rings. The number of aryl methyl sites for hydroxylation is 1. The van der Waals surface area contributed by atoms with E-state index in [1.807, 2.05) is 24.3 Å². The zero-order valence-electron chi connectivity index (χ0n) is 14.6. The Balaban J connectivity index is 1.69. The van der Waals surface area contributed by atoms with Gasteiger partial charge in [0.15, 0.2) is 0 Å². The molecule has 0 bridgehead atoms. The topological polar surface area (TPSA) is 77.8 Å². The standard InChI is InChI=1S/C21H18N4O/c1-14-4-3-5-19(15(14)2)24-18-10-11-20(23-13-18)21(26)25-17-8-6-16(12-22)7-9-17/h3-11,13,24H,1-2H3,(H,25,26). The van der Waals surface area contributed by atoms with Gasteiger partial charge in [0.2, 0.25) is 0 Å². The molecule has 0 radical (unpaired) electrons. The Hall–Kier alpha value is -3.65. The zero-order valence-corrected chi connectivity index (χ0v) is 14.6. The van der Waals surface area contributed by atoms with Gasteiger partial charge in [-0.25, -0.2) is 4.98 Å². The van der Waals surface area contributed by atoms with Crippen LogP contribution in [0.1, 0.15) is 27.2 Å². The molecule has 2 aromatic carbocycles. The van der Waals surface area contributed by atoms with Gasteiger partial charge in [0, 0.05) is 11.4 Å². The van der Waals surface area contributed by atoms with E-state index < -0.39 is 0 Å². The number of nitrogens with zero attached hydrogens (tertiary/aromatic N) is 2. The highest BCUT2D eigenvalue weighted by atomic mass is 16.1. The first-order valence-corrected chi connectivity index (χ1v) is 8.17. The maximum atomic E-state index is 12.3. The lowest BCUT2D eigenvalue weighted by molar-refractivity contribution is 0.102. The molecular weight excluding hydrogens is 324 g/mol. The number of anilines is 3. The molecule has 0 saturated carbocycles. The van der Waals surface area contributed by atoms with Crippen molar-refractivity contribution in [2.24, 2.45) is 0 Å². The second kappa shape index (κ2) is 7.49. The van der Waals surface area contributed by atoms with Crippen molar-refractivity contribution in [3.8, 4) is 6.07 Å². The summed E-state index contributed by atoms with van der Waals surface area (Å²) in [5.74, 6) is -0.298. The summed E-state index contributed by atoms with van der Waals surface area (Å²) in [4.78, 5) is 16.5. The second-order valence-corrected chi connectivity index (χ2v) is 5.95. The van der Waals surface area contributed by atoms with Crippen LogP contribution in [-0.4, -0.2) is 10.9 Å². The number of hydrogen-bond acceptors (Lipinski definition) is 4. The monoisotopic (exact) mass is 342 g/mol. The molecule has 5 nitrogen and oxygen atoms in total. The Kier molecular flexibility index (Phi) is 4.95. The maximum Gasteiger partial charge on any atom is 0.274 e. The summed E-state index contributed by atoms with van der Waals surface area (Å²) in [7, 11) is 0. The maximum absolute atomic E-state index is 12.3. The highest BCUT2D eigenvalue weighted by Gasteiger charge is 2.08. The van der Waals surface area contributed by atoms with Gasteiger partial charge in [-0.1, -0.05) is 12.1 Å². The number of benzene rings is 2. The van der Waals surface area contributed by atoms with Gasteiger partial charge in [0.1, 0.15) is 5.69 Å². The number of rotatable bonds is 4. The lowest BCUT2D eigenvalue weighted by atomic mass is 10.1. The van der Waals surface area contributed by atoms with Crippen molar-refractivity contribution >= 4 is 23.0 Å². The third kappa shape index (κ3) is 3.87. The van der Waals surface area contributed by atoms with Gasteiger partial charge in [-0.3, -0.25) is 4.79 Å². The summed E-state index contributed by atoms with van der Waals surface area (Å²) in [6.07, 6.45) is 1.63. The molecule has 2 N–H and O–H groups in total. The highest BCUT2D eigenvalue weighted by Crippen LogP contribution is 2.22. The van der Waals surface area contributed by atoms with Crippen LogP contribution in [0.2, 0.25) is 0 Å². The summed E-state index contributed by atoms with van der Waals surface area (Å²) in [6.45, 7) is 4.12. The zero-order chi connectivity index (χ0) is 18.5. The van der Waals surface area contributed by atoms with Crippen LogP contribution in [0, 0.1) is 25.2 Å². The molecule has 26 heavy (non-hydrogen) atoms. The number of carbonyl (C=O) groups is 1. The molecule has 0 spiro atoms. The molecule has 5 heteroatoms. The Morgan fingerprint density at radius 3 is 2.38 bits per heavy atom. The lowest BCUT2D eigenvalue weighted by Gasteiger charge is -2.11. The van der Waals surface area contributed by atoms with Crippen molar-refractivity contribution in [2.45, 2.75) is 13.8 Å². The van der Waals surface area contributed by atoms with Crippen molar-refractivity contribution in [2.75, 3.05) is 10.6 Å². The van der Waals surface area contributed by atoms with Gasteiger partial charge in [-0.05, 0) is 67.4 Å². The third-order valence-electron chi connectivity index (χ3n) is 4.15. The van der Waals surface area contributed by atoms with Crippen molar-refractivity contribution < 1.29 is 4.79 Å². The Morgan fingerprint density at radius 1 is 1.00 bits per heavy atom. The number of aromatic nitrogens is 1. The molecule has 1 aromatic heterocycles. The van der Waals surface area contributed by atoms with Crippen molar-refractivity contribution in [3.63, 3.8) is 0 Å². The fourth-order valence-electron chi connectivity index (χ4n) is 2.47. The fourth-order valence-corrected chi connectivity index (χ4v) is 2.47. The van der Waals surface area contributed by atoms with Crippen LogP contribution in [0.3, 0.4) is 0 Å². The van der Waals surface area contributed by atoms with Crippen LogP contribution in [0.15, 0.2) is 60.8 Å². The van der Waals surface area contributed by atoms with E-state index in [-0.39, 0.29) is 5.91 Å². The van der Waals surface area contributed by atoms with E-state index in [0.717, 1.165) is 11.4 Å². The lowest BCUT2D eigenvalue weighted by Crippen LogP contribution is -2.13. The largest absolute Gasteiger partial charge is 0.354 e. The van der Waals surface area contributed by atoms with Gasteiger partial charge < -0.3 is 10.6 Å². The van der Waals surface area contributed by atoms with Gasteiger partial charge in [-0.2, -0.15) is 5.26 Å². The molecule has 0 aliphatic rings. The molecule has 128 valence electrons. The number of carbonyl (C=O) groups excluding carboxylic acids is 1. The van der Waals surface area contributed by atoms with E-state index in [1.54, 1.807) is 36.5 Å². The third-order valence-corrected chi connectivity index (χ3v) is 4.15. The highest BCUT2D eigenvalue weighted by molar-refractivity contribution is 6.03. The van der Waals surface area contributed by atoms with E-state index in [0.29, 0.717) is 16.9 Å². The number of amides is 1. The van der Waals surface area contributed by atoms with Crippen LogP contribution in [-0.2, 0) is 0 Å². The van der Waals surface area contributed by atoms with Crippen LogP contribution >= 0.6 is 0 Å². The molecule has 3 rings (SSSR count). The minimum absolute atomic E-state index is 0.298. The SMILES string of the molecule is Cc1cccc(Nc2ccc(C(=O)Nc3ccc(C#N)cc3)nc2)c1C. The summed E-state index contributed by atoms with van der Waals surface area (Å²) >= 11 is 0. The van der Waals surface area contributed by atoms with Crippen molar-refractivity contribution in [1.29, 1.82) is 5.26 Å². The molecule has 0 saturated heterocycles. The van der Waals surface area contributed by atoms with Crippen LogP contribution in [0.25, 0.3) is 0 Å².